The molecule has 23 heavy (non-hydrogen) atoms. The number of aliphatic carboxylic acids is 1. The van der Waals surface area contributed by atoms with Gasteiger partial charge in [0.05, 0.1) is 11.8 Å². The number of pyridine rings is 1. The molecule has 2 N–H and O–H groups in total. The number of rotatable bonds is 5. The summed E-state index contributed by atoms with van der Waals surface area (Å²) in [4.78, 5) is 23.6. The number of hydrogen-bond acceptors (Lipinski definition) is 4. The van der Waals surface area contributed by atoms with E-state index in [4.69, 9.17) is 0 Å². The molecule has 7 heteroatoms. The van der Waals surface area contributed by atoms with E-state index in [2.05, 4.69) is 15.5 Å². The summed E-state index contributed by atoms with van der Waals surface area (Å²) in [5.74, 6) is -1.23. The summed E-state index contributed by atoms with van der Waals surface area (Å²) < 4.78 is 1.88. The van der Waals surface area contributed by atoms with Gasteiger partial charge in [0.2, 0.25) is 5.91 Å². The van der Waals surface area contributed by atoms with Crippen molar-refractivity contribution >= 4 is 17.5 Å². The fourth-order valence-electron chi connectivity index (χ4n) is 3.23. The predicted octanol–water partition coefficient (Wildman–Crippen LogP) is 1.28. The van der Waals surface area contributed by atoms with Crippen molar-refractivity contribution in [2.24, 2.45) is 11.8 Å². The summed E-state index contributed by atoms with van der Waals surface area (Å²) in [6.45, 7) is 0.428. The Kier molecular flexibility index (Phi) is 4.55. The third-order valence-electron chi connectivity index (χ3n) is 4.45. The van der Waals surface area contributed by atoms with Crippen LogP contribution in [0.4, 0.5) is 0 Å². The fraction of sp³-hybridized carbons (Fsp3) is 0.500. The molecule has 2 aromatic heterocycles. The zero-order valence-corrected chi connectivity index (χ0v) is 12.8. The van der Waals surface area contributed by atoms with Crippen LogP contribution < -0.4 is 5.32 Å². The molecule has 1 fully saturated rings. The molecule has 0 aliphatic heterocycles. The summed E-state index contributed by atoms with van der Waals surface area (Å²) in [5.41, 5.74) is 0.770. The number of hydrogen-bond donors (Lipinski definition) is 2. The van der Waals surface area contributed by atoms with Crippen molar-refractivity contribution in [2.75, 3.05) is 6.54 Å². The van der Waals surface area contributed by atoms with Crippen LogP contribution in [0.2, 0.25) is 0 Å². The largest absolute Gasteiger partial charge is 0.481 e. The van der Waals surface area contributed by atoms with Crippen molar-refractivity contribution in [3.63, 3.8) is 0 Å². The molecule has 1 saturated carbocycles. The number of carboxylic acid groups (broad SMARTS) is 1. The molecule has 0 saturated heterocycles. The Morgan fingerprint density at radius 2 is 2.00 bits per heavy atom. The van der Waals surface area contributed by atoms with E-state index in [0.29, 0.717) is 25.8 Å². The molecule has 0 aromatic carbocycles. The number of carbonyl (C=O) groups is 2. The van der Waals surface area contributed by atoms with E-state index in [-0.39, 0.29) is 5.91 Å². The Morgan fingerprint density at radius 1 is 1.22 bits per heavy atom. The quantitative estimate of drug-likeness (QED) is 0.866. The third kappa shape index (κ3) is 3.33. The van der Waals surface area contributed by atoms with Crippen molar-refractivity contribution in [1.82, 2.24) is 19.9 Å². The first kappa shape index (κ1) is 15.5. The average molecular weight is 316 g/mol. The normalized spacial score (nSPS) is 21.2. The molecular formula is C16H20N4O3. The smallest absolute Gasteiger partial charge is 0.307 e. The Balaban J connectivity index is 1.57. The summed E-state index contributed by atoms with van der Waals surface area (Å²) in [5, 5.41) is 20.3. The van der Waals surface area contributed by atoms with Crippen molar-refractivity contribution in [2.45, 2.75) is 32.1 Å². The van der Waals surface area contributed by atoms with Crippen LogP contribution in [0.3, 0.4) is 0 Å². The maximum absolute atomic E-state index is 12.3. The fourth-order valence-corrected chi connectivity index (χ4v) is 3.23. The van der Waals surface area contributed by atoms with Crippen LogP contribution in [0.5, 0.6) is 0 Å². The van der Waals surface area contributed by atoms with Crippen molar-refractivity contribution < 1.29 is 14.7 Å². The molecule has 1 amide bonds. The maximum atomic E-state index is 12.3. The Bertz CT molecular complexity index is 712. The van der Waals surface area contributed by atoms with E-state index in [9.17, 15) is 14.7 Å². The van der Waals surface area contributed by atoms with E-state index in [0.717, 1.165) is 24.3 Å². The summed E-state index contributed by atoms with van der Waals surface area (Å²) in [6, 6.07) is 5.66. The van der Waals surface area contributed by atoms with Gasteiger partial charge in [0.1, 0.15) is 5.82 Å². The molecule has 2 unspecified atom stereocenters. The van der Waals surface area contributed by atoms with Gasteiger partial charge in [-0.1, -0.05) is 18.9 Å². The monoisotopic (exact) mass is 316 g/mol. The van der Waals surface area contributed by atoms with Crippen LogP contribution in [0.1, 0.15) is 31.5 Å². The van der Waals surface area contributed by atoms with Gasteiger partial charge in [0.25, 0.3) is 0 Å². The highest BCUT2D eigenvalue weighted by Gasteiger charge is 2.35. The summed E-state index contributed by atoms with van der Waals surface area (Å²) in [6.07, 6.45) is 5.47. The Hall–Kier alpha value is -2.44. The first-order valence-corrected chi connectivity index (χ1v) is 7.96. The van der Waals surface area contributed by atoms with E-state index in [1.54, 1.807) is 0 Å². The van der Waals surface area contributed by atoms with Crippen molar-refractivity contribution in [3.8, 4) is 0 Å². The molecule has 7 nitrogen and oxygen atoms in total. The molecule has 2 aromatic rings. The van der Waals surface area contributed by atoms with Gasteiger partial charge < -0.3 is 10.4 Å². The van der Waals surface area contributed by atoms with Gasteiger partial charge in [-0.25, -0.2) is 0 Å². The van der Waals surface area contributed by atoms with Gasteiger partial charge in [-0.15, -0.1) is 10.2 Å². The molecule has 2 heterocycles. The first-order chi connectivity index (χ1) is 11.2. The number of aromatic nitrogens is 3. The SMILES string of the molecule is O=C(O)C1CCCCC1C(=O)NCCc1nnc2ccccn12. The Labute approximate surface area is 133 Å². The van der Waals surface area contributed by atoms with Crippen LogP contribution in [0, 0.1) is 11.8 Å². The lowest BCUT2D eigenvalue weighted by molar-refractivity contribution is -0.148. The van der Waals surface area contributed by atoms with Gasteiger partial charge >= 0.3 is 5.97 Å². The lowest BCUT2D eigenvalue weighted by Gasteiger charge is -2.27. The number of fused-ring (bicyclic) bond motifs is 1. The number of nitrogens with one attached hydrogen (secondary N) is 1. The minimum atomic E-state index is -0.867. The van der Waals surface area contributed by atoms with Gasteiger partial charge in [0, 0.05) is 19.2 Å². The number of carboxylic acids is 1. The van der Waals surface area contributed by atoms with Crippen LogP contribution in [-0.2, 0) is 16.0 Å². The van der Waals surface area contributed by atoms with Gasteiger partial charge in [-0.3, -0.25) is 14.0 Å². The van der Waals surface area contributed by atoms with Crippen LogP contribution in [0.25, 0.3) is 5.65 Å². The second kappa shape index (κ2) is 6.76. The molecule has 122 valence electrons. The maximum Gasteiger partial charge on any atom is 0.307 e. The van der Waals surface area contributed by atoms with Crippen LogP contribution in [0.15, 0.2) is 24.4 Å². The van der Waals surface area contributed by atoms with E-state index in [1.165, 1.54) is 0 Å². The molecule has 0 bridgehead atoms. The topological polar surface area (TPSA) is 96.6 Å². The second-order valence-corrected chi connectivity index (χ2v) is 5.92. The highest BCUT2D eigenvalue weighted by Crippen LogP contribution is 2.30. The minimum absolute atomic E-state index is 0.161. The van der Waals surface area contributed by atoms with Crippen LogP contribution >= 0.6 is 0 Å². The second-order valence-electron chi connectivity index (χ2n) is 5.92. The lowest BCUT2D eigenvalue weighted by atomic mass is 9.78. The highest BCUT2D eigenvalue weighted by atomic mass is 16.4. The molecular weight excluding hydrogens is 296 g/mol. The zero-order valence-electron chi connectivity index (χ0n) is 12.8. The molecule has 0 spiro atoms. The zero-order chi connectivity index (χ0) is 16.2. The number of nitrogens with zero attached hydrogens (tertiary/aromatic N) is 3. The minimum Gasteiger partial charge on any atom is -0.481 e. The molecule has 3 rings (SSSR count). The van der Waals surface area contributed by atoms with E-state index >= 15 is 0 Å². The van der Waals surface area contributed by atoms with Crippen molar-refractivity contribution in [3.05, 3.63) is 30.2 Å². The standard InChI is InChI=1S/C16H20N4O3/c21-15(11-5-1-2-6-12(11)16(22)23)17-9-8-14-19-18-13-7-3-4-10-20(13)14/h3-4,7,10-12H,1-2,5-6,8-9H2,(H,17,21)(H,22,23). The lowest BCUT2D eigenvalue weighted by Crippen LogP contribution is -2.40. The average Bonchev–Trinajstić information content (AvgIpc) is 2.98. The third-order valence-corrected chi connectivity index (χ3v) is 4.45. The van der Waals surface area contributed by atoms with Gasteiger partial charge in [0.15, 0.2) is 5.65 Å². The van der Waals surface area contributed by atoms with Gasteiger partial charge in [-0.05, 0) is 25.0 Å². The van der Waals surface area contributed by atoms with Crippen molar-refractivity contribution in [1.29, 1.82) is 0 Å². The van der Waals surface area contributed by atoms with Gasteiger partial charge in [-0.2, -0.15) is 0 Å². The summed E-state index contributed by atoms with van der Waals surface area (Å²) in [7, 11) is 0. The molecule has 1 aliphatic rings. The summed E-state index contributed by atoms with van der Waals surface area (Å²) >= 11 is 0. The van der Waals surface area contributed by atoms with E-state index < -0.39 is 17.8 Å². The molecule has 2 atom stereocenters. The Morgan fingerprint density at radius 3 is 2.78 bits per heavy atom. The number of amides is 1. The first-order valence-electron chi connectivity index (χ1n) is 7.96. The highest BCUT2D eigenvalue weighted by molar-refractivity contribution is 5.84. The van der Waals surface area contributed by atoms with Crippen LogP contribution in [-0.4, -0.2) is 38.1 Å². The molecule has 1 aliphatic carbocycles. The van der Waals surface area contributed by atoms with E-state index in [1.807, 2.05) is 28.8 Å². The molecule has 0 radical (unpaired) electrons. The predicted molar refractivity (Wildman–Crippen MR) is 82.8 cm³/mol. The number of carbonyl (C=O) groups excluding carboxylic acids is 1.